The molecule has 124 valence electrons. The van der Waals surface area contributed by atoms with Crippen molar-refractivity contribution in [2.45, 2.75) is 31.7 Å². The zero-order valence-electron chi connectivity index (χ0n) is 13.1. The molecule has 1 amide bonds. The van der Waals surface area contributed by atoms with Crippen LogP contribution in [0.5, 0.6) is 0 Å². The molecule has 1 saturated heterocycles. The number of Topliss-reactive ketones (excluding diaryl/α,β-unsaturated/α-hetero) is 1. The second-order valence-corrected chi connectivity index (χ2v) is 5.90. The van der Waals surface area contributed by atoms with Gasteiger partial charge in [-0.2, -0.15) is 0 Å². The number of hydrogen-bond donors (Lipinski definition) is 1. The molecule has 6 nitrogen and oxygen atoms in total. The number of rotatable bonds is 5. The fourth-order valence-corrected chi connectivity index (χ4v) is 3.04. The molecular formula is C18H18N2O4. The van der Waals surface area contributed by atoms with Gasteiger partial charge >= 0.3 is 5.97 Å². The third kappa shape index (κ3) is 3.27. The SMILES string of the molecule is O=C(CCC(=O)N1CCC[C@H]1C(=O)O)c1ccc2ccccc2n1. The van der Waals surface area contributed by atoms with E-state index >= 15 is 0 Å². The Hall–Kier alpha value is -2.76. The van der Waals surface area contributed by atoms with Crippen LogP contribution in [-0.4, -0.2) is 45.2 Å². The monoisotopic (exact) mass is 326 g/mol. The molecule has 0 aliphatic carbocycles. The lowest BCUT2D eigenvalue weighted by atomic mass is 10.1. The number of carboxylic acids is 1. The summed E-state index contributed by atoms with van der Waals surface area (Å²) in [5, 5.41) is 10.1. The number of ketones is 1. The van der Waals surface area contributed by atoms with Gasteiger partial charge in [0, 0.05) is 24.8 Å². The van der Waals surface area contributed by atoms with Gasteiger partial charge in [-0.05, 0) is 25.0 Å². The molecule has 0 bridgehead atoms. The molecule has 1 N–H and O–H groups in total. The Morgan fingerprint density at radius 2 is 1.92 bits per heavy atom. The van der Waals surface area contributed by atoms with Gasteiger partial charge in [-0.15, -0.1) is 0 Å². The number of fused-ring (bicyclic) bond motifs is 1. The van der Waals surface area contributed by atoms with Crippen LogP contribution in [0.2, 0.25) is 0 Å². The van der Waals surface area contributed by atoms with Crippen LogP contribution in [0.1, 0.15) is 36.2 Å². The first-order chi connectivity index (χ1) is 11.6. The summed E-state index contributed by atoms with van der Waals surface area (Å²) >= 11 is 0. The molecule has 1 atom stereocenters. The van der Waals surface area contributed by atoms with Gasteiger partial charge < -0.3 is 10.0 Å². The van der Waals surface area contributed by atoms with E-state index < -0.39 is 12.0 Å². The van der Waals surface area contributed by atoms with Crippen molar-refractivity contribution < 1.29 is 19.5 Å². The third-order valence-corrected chi connectivity index (χ3v) is 4.31. The molecule has 2 aromatic rings. The Bertz CT molecular complexity index is 802. The van der Waals surface area contributed by atoms with Gasteiger partial charge in [0.05, 0.1) is 5.52 Å². The normalized spacial score (nSPS) is 17.2. The van der Waals surface area contributed by atoms with Crippen molar-refractivity contribution in [1.82, 2.24) is 9.88 Å². The number of aliphatic carboxylic acids is 1. The second-order valence-electron chi connectivity index (χ2n) is 5.90. The Morgan fingerprint density at radius 1 is 1.12 bits per heavy atom. The summed E-state index contributed by atoms with van der Waals surface area (Å²) in [5.74, 6) is -1.47. The number of pyridine rings is 1. The molecule has 0 radical (unpaired) electrons. The number of para-hydroxylation sites is 1. The number of aromatic nitrogens is 1. The van der Waals surface area contributed by atoms with Crippen LogP contribution >= 0.6 is 0 Å². The standard InChI is InChI=1S/C18H18N2O4/c21-16(14-8-7-12-4-1-2-5-13(12)19-14)9-10-17(22)20-11-3-6-15(20)18(23)24/h1-2,4-5,7-8,15H,3,6,9-11H2,(H,23,24)/t15-/m0/s1. The summed E-state index contributed by atoms with van der Waals surface area (Å²) in [5.41, 5.74) is 1.07. The van der Waals surface area contributed by atoms with Crippen LogP contribution in [0, 0.1) is 0 Å². The number of benzene rings is 1. The van der Waals surface area contributed by atoms with Crippen LogP contribution in [0.4, 0.5) is 0 Å². The summed E-state index contributed by atoms with van der Waals surface area (Å²) in [6.45, 7) is 0.443. The topological polar surface area (TPSA) is 87.6 Å². The van der Waals surface area contributed by atoms with Gasteiger partial charge in [-0.1, -0.05) is 24.3 Å². The maximum absolute atomic E-state index is 12.3. The summed E-state index contributed by atoms with van der Waals surface area (Å²) in [7, 11) is 0. The van der Waals surface area contributed by atoms with Gasteiger partial charge in [0.15, 0.2) is 5.78 Å². The fourth-order valence-electron chi connectivity index (χ4n) is 3.04. The highest BCUT2D eigenvalue weighted by Gasteiger charge is 2.33. The minimum Gasteiger partial charge on any atom is -0.480 e. The molecule has 1 fully saturated rings. The fraction of sp³-hybridized carbons (Fsp3) is 0.333. The highest BCUT2D eigenvalue weighted by atomic mass is 16.4. The number of nitrogens with zero attached hydrogens (tertiary/aromatic N) is 2. The van der Waals surface area contributed by atoms with Gasteiger partial charge in [0.1, 0.15) is 11.7 Å². The molecular weight excluding hydrogens is 308 g/mol. The van der Waals surface area contributed by atoms with E-state index in [4.69, 9.17) is 5.11 Å². The smallest absolute Gasteiger partial charge is 0.326 e. The van der Waals surface area contributed by atoms with E-state index in [1.807, 2.05) is 30.3 Å². The molecule has 2 heterocycles. The molecule has 0 saturated carbocycles. The highest BCUT2D eigenvalue weighted by molar-refractivity contribution is 5.98. The van der Waals surface area contributed by atoms with Crippen molar-refractivity contribution in [3.05, 3.63) is 42.1 Å². The first kappa shape index (κ1) is 16.1. The largest absolute Gasteiger partial charge is 0.480 e. The first-order valence-electron chi connectivity index (χ1n) is 7.97. The Balaban J connectivity index is 1.64. The molecule has 0 spiro atoms. The van der Waals surface area contributed by atoms with Crippen LogP contribution in [0.25, 0.3) is 10.9 Å². The van der Waals surface area contributed by atoms with Crippen molar-refractivity contribution in [2.75, 3.05) is 6.54 Å². The Morgan fingerprint density at radius 3 is 2.71 bits per heavy atom. The van der Waals surface area contributed by atoms with E-state index in [9.17, 15) is 14.4 Å². The van der Waals surface area contributed by atoms with Crippen molar-refractivity contribution in [2.24, 2.45) is 0 Å². The van der Waals surface area contributed by atoms with E-state index in [1.54, 1.807) is 6.07 Å². The van der Waals surface area contributed by atoms with E-state index in [-0.39, 0.29) is 24.5 Å². The minimum atomic E-state index is -0.983. The summed E-state index contributed by atoms with van der Waals surface area (Å²) in [6.07, 6.45) is 1.20. The molecule has 24 heavy (non-hydrogen) atoms. The van der Waals surface area contributed by atoms with E-state index in [0.717, 1.165) is 10.9 Å². The summed E-state index contributed by atoms with van der Waals surface area (Å²) < 4.78 is 0. The van der Waals surface area contributed by atoms with E-state index in [0.29, 0.717) is 25.1 Å². The van der Waals surface area contributed by atoms with Gasteiger partial charge in [-0.3, -0.25) is 9.59 Å². The average molecular weight is 326 g/mol. The maximum atomic E-state index is 12.3. The molecule has 1 aliphatic heterocycles. The van der Waals surface area contributed by atoms with Gasteiger partial charge in [0.2, 0.25) is 5.91 Å². The minimum absolute atomic E-state index is 0.0110. The summed E-state index contributed by atoms with van der Waals surface area (Å²) in [4.78, 5) is 41.3. The maximum Gasteiger partial charge on any atom is 0.326 e. The van der Waals surface area contributed by atoms with Crippen LogP contribution < -0.4 is 0 Å². The van der Waals surface area contributed by atoms with Gasteiger partial charge in [0.25, 0.3) is 0 Å². The Kier molecular flexibility index (Phi) is 4.55. The number of carbonyl (C=O) groups is 3. The average Bonchev–Trinajstić information content (AvgIpc) is 3.09. The van der Waals surface area contributed by atoms with Crippen LogP contribution in [0.15, 0.2) is 36.4 Å². The predicted molar refractivity (Wildman–Crippen MR) is 87.7 cm³/mol. The quantitative estimate of drug-likeness (QED) is 0.852. The lowest BCUT2D eigenvalue weighted by Gasteiger charge is -2.21. The molecule has 0 unspecified atom stereocenters. The van der Waals surface area contributed by atoms with Crippen LogP contribution in [-0.2, 0) is 9.59 Å². The first-order valence-corrected chi connectivity index (χ1v) is 7.97. The van der Waals surface area contributed by atoms with Crippen molar-refractivity contribution in [3.63, 3.8) is 0 Å². The zero-order valence-corrected chi connectivity index (χ0v) is 13.1. The van der Waals surface area contributed by atoms with Crippen molar-refractivity contribution >= 4 is 28.6 Å². The van der Waals surface area contributed by atoms with Crippen LogP contribution in [0.3, 0.4) is 0 Å². The van der Waals surface area contributed by atoms with Crippen molar-refractivity contribution in [1.29, 1.82) is 0 Å². The number of likely N-dealkylation sites (tertiary alicyclic amines) is 1. The number of amides is 1. The number of carboxylic acid groups (broad SMARTS) is 1. The predicted octanol–water partition coefficient (Wildman–Crippen LogP) is 2.27. The van der Waals surface area contributed by atoms with Crippen molar-refractivity contribution in [3.8, 4) is 0 Å². The Labute approximate surface area is 139 Å². The molecule has 6 heteroatoms. The molecule has 1 aliphatic rings. The lowest BCUT2D eigenvalue weighted by Crippen LogP contribution is -2.40. The number of hydrogen-bond acceptors (Lipinski definition) is 4. The lowest BCUT2D eigenvalue weighted by molar-refractivity contribution is -0.148. The van der Waals surface area contributed by atoms with Gasteiger partial charge in [-0.25, -0.2) is 9.78 Å². The molecule has 3 rings (SSSR count). The zero-order chi connectivity index (χ0) is 17.1. The summed E-state index contributed by atoms with van der Waals surface area (Å²) in [6, 6.07) is 10.2. The third-order valence-electron chi connectivity index (χ3n) is 4.31. The second kappa shape index (κ2) is 6.78. The molecule has 1 aromatic heterocycles. The van der Waals surface area contributed by atoms with E-state index in [1.165, 1.54) is 4.90 Å². The van der Waals surface area contributed by atoms with E-state index in [2.05, 4.69) is 4.98 Å². The highest BCUT2D eigenvalue weighted by Crippen LogP contribution is 2.19. The number of carbonyl (C=O) groups excluding carboxylic acids is 2. The molecule has 1 aromatic carbocycles.